The van der Waals surface area contributed by atoms with E-state index in [9.17, 15) is 0 Å². The first kappa shape index (κ1) is 9.89. The van der Waals surface area contributed by atoms with Crippen LogP contribution in [-0.4, -0.2) is 12.0 Å². The molecule has 14 heavy (non-hydrogen) atoms. The predicted molar refractivity (Wildman–Crippen MR) is 60.3 cm³/mol. The summed E-state index contributed by atoms with van der Waals surface area (Å²) in [6.45, 7) is 0.722. The molecule has 0 atom stereocenters. The number of hydrogen-bond donors (Lipinski definition) is 1. The molecule has 0 radical (unpaired) electrons. The zero-order chi connectivity index (χ0) is 9.97. The molecule has 0 unspecified atom stereocenters. The number of nitrogens with one attached hydrogen (secondary N) is 1. The van der Waals surface area contributed by atoms with Gasteiger partial charge in [-0.15, -0.1) is 11.3 Å². The zero-order valence-corrected chi connectivity index (χ0v) is 9.98. The summed E-state index contributed by atoms with van der Waals surface area (Å²) in [4.78, 5) is 4.15. The first-order valence-corrected chi connectivity index (χ1v) is 5.80. The smallest absolute Gasteiger partial charge is 0.181 e. The van der Waals surface area contributed by atoms with Crippen LogP contribution < -0.4 is 5.32 Å². The molecule has 0 aliphatic rings. The zero-order valence-electron chi connectivity index (χ0n) is 7.58. The second-order valence-electron chi connectivity index (χ2n) is 2.80. The van der Waals surface area contributed by atoms with Crippen molar-refractivity contribution < 1.29 is 4.42 Å². The molecule has 2 aromatic rings. The summed E-state index contributed by atoms with van der Waals surface area (Å²) >= 11 is 5.06. The molecule has 0 fully saturated rings. The Hall–Kier alpha value is -0.650. The van der Waals surface area contributed by atoms with Crippen molar-refractivity contribution in [1.82, 2.24) is 10.3 Å². The second-order valence-corrected chi connectivity index (χ2v) is 5.09. The van der Waals surface area contributed by atoms with Gasteiger partial charge < -0.3 is 9.73 Å². The fourth-order valence-electron chi connectivity index (χ4n) is 1.23. The van der Waals surface area contributed by atoms with E-state index in [0.717, 1.165) is 27.3 Å². The third-order valence-electron chi connectivity index (χ3n) is 1.82. The van der Waals surface area contributed by atoms with Gasteiger partial charge in [-0.1, -0.05) is 0 Å². The molecule has 0 aromatic carbocycles. The lowest BCUT2D eigenvalue weighted by Gasteiger charge is -1.96. The van der Waals surface area contributed by atoms with Gasteiger partial charge in [0, 0.05) is 17.5 Å². The van der Waals surface area contributed by atoms with Crippen LogP contribution in [0.15, 0.2) is 26.0 Å². The molecular weight excluding hydrogens is 264 g/mol. The molecule has 1 N–H and O–H groups in total. The minimum Gasteiger partial charge on any atom is -0.443 e. The maximum absolute atomic E-state index is 5.35. The van der Waals surface area contributed by atoms with Crippen molar-refractivity contribution >= 4 is 27.3 Å². The van der Waals surface area contributed by atoms with Gasteiger partial charge in [0.05, 0.1) is 3.79 Å². The van der Waals surface area contributed by atoms with Gasteiger partial charge in [-0.25, -0.2) is 4.98 Å². The third kappa shape index (κ3) is 1.89. The average Bonchev–Trinajstić information content (AvgIpc) is 2.74. The highest BCUT2D eigenvalue weighted by atomic mass is 79.9. The van der Waals surface area contributed by atoms with E-state index in [1.807, 2.05) is 18.5 Å². The number of thiophene rings is 1. The van der Waals surface area contributed by atoms with Crippen LogP contribution in [-0.2, 0) is 6.54 Å². The van der Waals surface area contributed by atoms with Gasteiger partial charge in [-0.3, -0.25) is 0 Å². The Morgan fingerprint density at radius 1 is 1.64 bits per heavy atom. The van der Waals surface area contributed by atoms with Crippen LogP contribution in [0.25, 0.3) is 11.3 Å². The molecule has 0 aliphatic carbocycles. The number of oxazole rings is 1. The van der Waals surface area contributed by atoms with Crippen molar-refractivity contribution in [3.63, 3.8) is 0 Å². The molecule has 0 saturated heterocycles. The molecule has 0 bridgehead atoms. The van der Waals surface area contributed by atoms with Gasteiger partial charge in [0.15, 0.2) is 12.2 Å². The van der Waals surface area contributed by atoms with Crippen molar-refractivity contribution in [2.75, 3.05) is 7.05 Å². The number of nitrogens with zero attached hydrogens (tertiary/aromatic N) is 1. The third-order valence-corrected chi connectivity index (χ3v) is 3.32. The van der Waals surface area contributed by atoms with Gasteiger partial charge in [0.25, 0.3) is 0 Å². The van der Waals surface area contributed by atoms with Crippen molar-refractivity contribution in [3.05, 3.63) is 27.3 Å². The first-order chi connectivity index (χ1) is 6.81. The van der Waals surface area contributed by atoms with Crippen LogP contribution in [0.4, 0.5) is 0 Å². The number of aromatic nitrogens is 1. The van der Waals surface area contributed by atoms with E-state index < -0.39 is 0 Å². The van der Waals surface area contributed by atoms with E-state index >= 15 is 0 Å². The summed E-state index contributed by atoms with van der Waals surface area (Å²) < 4.78 is 6.45. The molecule has 0 aliphatic heterocycles. The highest BCUT2D eigenvalue weighted by molar-refractivity contribution is 9.11. The Morgan fingerprint density at radius 2 is 2.50 bits per heavy atom. The van der Waals surface area contributed by atoms with Crippen molar-refractivity contribution in [2.24, 2.45) is 0 Å². The summed E-state index contributed by atoms with van der Waals surface area (Å²) in [5, 5.41) is 5.10. The summed E-state index contributed by atoms with van der Waals surface area (Å²) in [5.74, 6) is 0.848. The van der Waals surface area contributed by atoms with E-state index in [4.69, 9.17) is 4.42 Å². The fraction of sp³-hybridized carbons (Fsp3) is 0.222. The lowest BCUT2D eigenvalue weighted by Crippen LogP contribution is -2.06. The Morgan fingerprint density at radius 3 is 3.14 bits per heavy atom. The van der Waals surface area contributed by atoms with Crippen LogP contribution in [0, 0.1) is 0 Å². The minimum absolute atomic E-state index is 0.722. The standard InChI is InChI=1S/C9H9BrN2OS/c1-11-3-7-9(13-5-12-7)6-2-8(10)14-4-6/h2,4-5,11H,3H2,1H3. The fourth-order valence-corrected chi connectivity index (χ4v) is 2.36. The molecule has 5 heteroatoms. The van der Waals surface area contributed by atoms with Gasteiger partial charge >= 0.3 is 0 Å². The Labute approximate surface area is 94.3 Å². The lowest BCUT2D eigenvalue weighted by atomic mass is 10.2. The summed E-state index contributed by atoms with van der Waals surface area (Å²) in [6.07, 6.45) is 1.48. The number of rotatable bonds is 3. The molecule has 2 heterocycles. The van der Waals surface area contributed by atoms with Gasteiger partial charge in [0.2, 0.25) is 0 Å². The Kier molecular flexibility index (Phi) is 3.00. The van der Waals surface area contributed by atoms with E-state index in [-0.39, 0.29) is 0 Å². The topological polar surface area (TPSA) is 38.1 Å². The second kappa shape index (κ2) is 4.25. The quantitative estimate of drug-likeness (QED) is 0.934. The van der Waals surface area contributed by atoms with Gasteiger partial charge in [-0.05, 0) is 29.0 Å². The van der Waals surface area contributed by atoms with Crippen molar-refractivity contribution in [2.45, 2.75) is 6.54 Å². The highest BCUT2D eigenvalue weighted by Crippen LogP contribution is 2.30. The lowest BCUT2D eigenvalue weighted by molar-refractivity contribution is 0.570. The first-order valence-electron chi connectivity index (χ1n) is 4.12. The van der Waals surface area contributed by atoms with E-state index in [2.05, 4.69) is 26.2 Å². The molecule has 74 valence electrons. The minimum atomic E-state index is 0.722. The van der Waals surface area contributed by atoms with Crippen molar-refractivity contribution in [3.8, 4) is 11.3 Å². The van der Waals surface area contributed by atoms with Gasteiger partial charge in [-0.2, -0.15) is 0 Å². The average molecular weight is 273 g/mol. The highest BCUT2D eigenvalue weighted by Gasteiger charge is 2.11. The van der Waals surface area contributed by atoms with Crippen LogP contribution in [0.3, 0.4) is 0 Å². The number of halogens is 1. The largest absolute Gasteiger partial charge is 0.443 e. The predicted octanol–water partition coefficient (Wildman–Crippen LogP) is 2.89. The van der Waals surface area contributed by atoms with Crippen LogP contribution >= 0.6 is 27.3 Å². The molecule has 0 saturated carbocycles. The monoisotopic (exact) mass is 272 g/mol. The maximum atomic E-state index is 5.35. The Bertz CT molecular complexity index is 424. The van der Waals surface area contributed by atoms with Crippen molar-refractivity contribution in [1.29, 1.82) is 0 Å². The summed E-state index contributed by atoms with van der Waals surface area (Å²) in [5.41, 5.74) is 2.02. The molecule has 0 spiro atoms. The van der Waals surface area contributed by atoms with E-state index in [0.29, 0.717) is 0 Å². The normalized spacial score (nSPS) is 10.7. The maximum Gasteiger partial charge on any atom is 0.181 e. The molecule has 3 nitrogen and oxygen atoms in total. The van der Waals surface area contributed by atoms with E-state index in [1.165, 1.54) is 6.39 Å². The summed E-state index contributed by atoms with van der Waals surface area (Å²) in [6, 6.07) is 2.03. The molecule has 2 aromatic heterocycles. The van der Waals surface area contributed by atoms with Crippen LogP contribution in [0.1, 0.15) is 5.69 Å². The molecular formula is C9H9BrN2OS. The van der Waals surface area contributed by atoms with Crippen LogP contribution in [0.2, 0.25) is 0 Å². The van der Waals surface area contributed by atoms with E-state index in [1.54, 1.807) is 11.3 Å². The Balaban J connectivity index is 2.36. The summed E-state index contributed by atoms with van der Waals surface area (Å²) in [7, 11) is 1.89. The molecule has 2 rings (SSSR count). The van der Waals surface area contributed by atoms with Crippen LogP contribution in [0.5, 0.6) is 0 Å². The van der Waals surface area contributed by atoms with Gasteiger partial charge in [0.1, 0.15) is 5.69 Å². The SMILES string of the molecule is CNCc1ncoc1-c1csc(Br)c1. The number of hydrogen-bond acceptors (Lipinski definition) is 4. The molecule has 0 amide bonds.